The van der Waals surface area contributed by atoms with E-state index in [0.29, 0.717) is 11.7 Å². The highest BCUT2D eigenvalue weighted by molar-refractivity contribution is 5.80. The Bertz CT molecular complexity index is 1120. The van der Waals surface area contributed by atoms with Crippen LogP contribution in [0.3, 0.4) is 0 Å². The first-order chi connectivity index (χ1) is 15.3. The summed E-state index contributed by atoms with van der Waals surface area (Å²) < 4.78 is 2.07. The minimum absolute atomic E-state index is 0.532. The van der Waals surface area contributed by atoms with E-state index < -0.39 is 0 Å². The molecule has 1 N–H and O–H groups in total. The fraction of sp³-hybridized carbons (Fsp3) is 0.375. The maximum atomic E-state index is 4.95. The van der Waals surface area contributed by atoms with Crippen molar-refractivity contribution < 1.29 is 0 Å². The van der Waals surface area contributed by atoms with Crippen molar-refractivity contribution in [3.05, 3.63) is 65.7 Å². The van der Waals surface area contributed by atoms with Crippen molar-refractivity contribution in [2.75, 3.05) is 0 Å². The molecule has 0 atom stereocenters. The van der Waals surface area contributed by atoms with Gasteiger partial charge in [-0.25, -0.2) is 14.8 Å². The molecular formula is C24H27N7. The van der Waals surface area contributed by atoms with Crippen molar-refractivity contribution >= 4 is 0 Å². The lowest BCUT2D eigenvalue weighted by molar-refractivity contribution is 0.426. The Morgan fingerprint density at radius 1 is 0.968 bits per heavy atom. The van der Waals surface area contributed by atoms with Crippen LogP contribution >= 0.6 is 0 Å². The highest BCUT2D eigenvalue weighted by atomic mass is 15.5. The van der Waals surface area contributed by atoms with Crippen LogP contribution in [0.5, 0.6) is 0 Å². The Balaban J connectivity index is 1.38. The van der Waals surface area contributed by atoms with Gasteiger partial charge in [-0.1, -0.05) is 67.8 Å². The average molecular weight is 414 g/mol. The Morgan fingerprint density at radius 3 is 2.45 bits per heavy atom. The van der Waals surface area contributed by atoms with Gasteiger partial charge in [0.2, 0.25) is 0 Å². The number of rotatable bonds is 6. The molecule has 1 saturated carbocycles. The van der Waals surface area contributed by atoms with E-state index in [2.05, 4.69) is 62.6 Å². The number of tetrazole rings is 1. The van der Waals surface area contributed by atoms with Crippen LogP contribution in [0, 0.1) is 0 Å². The summed E-state index contributed by atoms with van der Waals surface area (Å²) in [6, 6.07) is 16.8. The summed E-state index contributed by atoms with van der Waals surface area (Å²) in [4.78, 5) is 4.95. The molecule has 7 heteroatoms. The minimum Gasteiger partial charge on any atom is -0.250 e. The van der Waals surface area contributed by atoms with E-state index in [-0.39, 0.29) is 0 Å². The first-order valence-corrected chi connectivity index (χ1v) is 11.2. The van der Waals surface area contributed by atoms with Gasteiger partial charge in [0.25, 0.3) is 0 Å². The van der Waals surface area contributed by atoms with E-state index in [1.807, 2.05) is 18.2 Å². The van der Waals surface area contributed by atoms with Crippen molar-refractivity contribution in [1.82, 2.24) is 35.4 Å². The van der Waals surface area contributed by atoms with Gasteiger partial charge in [-0.2, -0.15) is 5.10 Å². The van der Waals surface area contributed by atoms with Crippen molar-refractivity contribution in [2.45, 2.75) is 57.9 Å². The topological polar surface area (TPSA) is 85.2 Å². The zero-order valence-electron chi connectivity index (χ0n) is 17.8. The number of hydrogen-bond acceptors (Lipinski definition) is 5. The first-order valence-electron chi connectivity index (χ1n) is 11.2. The third-order valence-corrected chi connectivity index (χ3v) is 6.19. The molecular weight excluding hydrogens is 386 g/mol. The number of nitrogens with zero attached hydrogens (tertiary/aromatic N) is 6. The van der Waals surface area contributed by atoms with Gasteiger partial charge in [0, 0.05) is 24.4 Å². The summed E-state index contributed by atoms with van der Waals surface area (Å²) in [7, 11) is 0. The molecule has 158 valence electrons. The molecule has 5 rings (SSSR count). The monoisotopic (exact) mass is 413 g/mol. The Labute approximate surface area is 181 Å². The van der Waals surface area contributed by atoms with Gasteiger partial charge < -0.3 is 0 Å². The fourth-order valence-corrected chi connectivity index (χ4v) is 4.51. The number of hydrogen-bond donors (Lipinski definition) is 1. The van der Waals surface area contributed by atoms with Crippen LogP contribution in [0.2, 0.25) is 0 Å². The molecule has 0 spiro atoms. The molecule has 0 unspecified atom stereocenters. The van der Waals surface area contributed by atoms with Crippen molar-refractivity contribution in [2.24, 2.45) is 0 Å². The molecule has 0 aliphatic heterocycles. The van der Waals surface area contributed by atoms with E-state index in [1.165, 1.54) is 37.7 Å². The van der Waals surface area contributed by atoms with E-state index in [0.717, 1.165) is 41.3 Å². The fourth-order valence-electron chi connectivity index (χ4n) is 4.51. The molecule has 31 heavy (non-hydrogen) atoms. The molecule has 0 amide bonds. The van der Waals surface area contributed by atoms with Crippen molar-refractivity contribution in [3.8, 4) is 22.5 Å². The Hall–Kier alpha value is -3.35. The molecule has 0 radical (unpaired) electrons. The number of aryl methyl sites for hydroxylation is 1. The highest BCUT2D eigenvalue weighted by Gasteiger charge is 2.21. The average Bonchev–Trinajstić information content (AvgIpc) is 3.51. The predicted molar refractivity (Wildman–Crippen MR) is 119 cm³/mol. The molecule has 4 aromatic rings. The number of aromatic nitrogens is 7. The molecule has 2 aromatic heterocycles. The van der Waals surface area contributed by atoms with Crippen LogP contribution in [0.1, 0.15) is 62.2 Å². The molecule has 0 bridgehead atoms. The van der Waals surface area contributed by atoms with Gasteiger partial charge in [-0.3, -0.25) is 0 Å². The van der Waals surface area contributed by atoms with Gasteiger partial charge in [0.15, 0.2) is 11.6 Å². The van der Waals surface area contributed by atoms with E-state index in [9.17, 15) is 0 Å². The van der Waals surface area contributed by atoms with E-state index in [4.69, 9.17) is 10.1 Å². The lowest BCUT2D eigenvalue weighted by Crippen LogP contribution is -2.07. The van der Waals surface area contributed by atoms with E-state index >= 15 is 0 Å². The lowest BCUT2D eigenvalue weighted by Gasteiger charge is -2.18. The number of H-pyrrole nitrogens is 1. The Morgan fingerprint density at radius 2 is 1.74 bits per heavy atom. The summed E-state index contributed by atoms with van der Waals surface area (Å²) in [5.41, 5.74) is 4.46. The second-order valence-electron chi connectivity index (χ2n) is 8.21. The molecule has 1 fully saturated rings. The van der Waals surface area contributed by atoms with Crippen LogP contribution in [0.4, 0.5) is 0 Å². The van der Waals surface area contributed by atoms with E-state index in [1.54, 1.807) is 0 Å². The molecule has 1 aliphatic rings. The minimum atomic E-state index is 0.532. The molecule has 7 nitrogen and oxygen atoms in total. The SMILES string of the molecule is CCn1nc(C2CCCCC2)nc1Cc1ccc(-c2ccccc2-c2nnn[nH]2)cc1. The van der Waals surface area contributed by atoms with Gasteiger partial charge in [0.05, 0.1) is 0 Å². The van der Waals surface area contributed by atoms with Gasteiger partial charge in [-0.05, 0) is 46.9 Å². The van der Waals surface area contributed by atoms with Crippen LogP contribution in [0.15, 0.2) is 48.5 Å². The van der Waals surface area contributed by atoms with Crippen LogP contribution in [-0.2, 0) is 13.0 Å². The first kappa shape index (κ1) is 19.6. The van der Waals surface area contributed by atoms with Crippen molar-refractivity contribution in [1.29, 1.82) is 0 Å². The summed E-state index contributed by atoms with van der Waals surface area (Å²) in [5.74, 6) is 3.31. The largest absolute Gasteiger partial charge is 0.250 e. The molecule has 0 saturated heterocycles. The maximum Gasteiger partial charge on any atom is 0.180 e. The van der Waals surface area contributed by atoms with Gasteiger partial charge >= 0.3 is 0 Å². The Kier molecular flexibility index (Phi) is 5.56. The van der Waals surface area contributed by atoms with Gasteiger partial charge in [0.1, 0.15) is 5.82 Å². The van der Waals surface area contributed by atoms with Crippen LogP contribution in [-0.4, -0.2) is 35.4 Å². The third kappa shape index (κ3) is 4.13. The second-order valence-corrected chi connectivity index (χ2v) is 8.21. The number of aromatic amines is 1. The normalized spacial score (nSPS) is 14.7. The van der Waals surface area contributed by atoms with Crippen LogP contribution in [0.25, 0.3) is 22.5 Å². The lowest BCUT2D eigenvalue weighted by atomic mass is 9.89. The van der Waals surface area contributed by atoms with Crippen LogP contribution < -0.4 is 0 Å². The third-order valence-electron chi connectivity index (χ3n) is 6.19. The number of nitrogens with one attached hydrogen (secondary N) is 1. The predicted octanol–water partition coefficient (Wildman–Crippen LogP) is 4.78. The zero-order valence-corrected chi connectivity index (χ0v) is 17.8. The summed E-state index contributed by atoms with van der Waals surface area (Å²) in [6.45, 7) is 2.99. The zero-order chi connectivity index (χ0) is 21.0. The molecule has 2 aromatic carbocycles. The molecule has 1 aliphatic carbocycles. The van der Waals surface area contributed by atoms with Crippen molar-refractivity contribution in [3.63, 3.8) is 0 Å². The number of benzene rings is 2. The smallest absolute Gasteiger partial charge is 0.180 e. The molecule has 2 heterocycles. The summed E-state index contributed by atoms with van der Waals surface area (Å²) >= 11 is 0. The maximum absolute atomic E-state index is 4.95. The highest BCUT2D eigenvalue weighted by Crippen LogP contribution is 2.32. The summed E-state index contributed by atoms with van der Waals surface area (Å²) in [5, 5.41) is 19.2. The standard InChI is InChI=1S/C24H27N7/c1-2-31-22(25-23(28-31)19-8-4-3-5-9-19)16-17-12-14-18(15-13-17)20-10-6-7-11-21(20)24-26-29-30-27-24/h6-7,10-15,19H,2-5,8-9,16H2,1H3,(H,26,27,29,30). The quantitative estimate of drug-likeness (QED) is 0.491. The second kappa shape index (κ2) is 8.79. The summed E-state index contributed by atoms with van der Waals surface area (Å²) in [6.07, 6.45) is 7.19. The van der Waals surface area contributed by atoms with Gasteiger partial charge in [-0.15, -0.1) is 5.10 Å².